The molecule has 0 aliphatic rings. The van der Waals surface area contributed by atoms with Crippen molar-refractivity contribution in [1.82, 2.24) is 5.32 Å². The molecule has 0 saturated heterocycles. The van der Waals surface area contributed by atoms with E-state index in [0.29, 0.717) is 13.0 Å². The fourth-order valence-electron chi connectivity index (χ4n) is 2.05. The number of benzene rings is 2. The summed E-state index contributed by atoms with van der Waals surface area (Å²) in [5.74, 6) is -1.59. The van der Waals surface area contributed by atoms with Crippen molar-refractivity contribution in [3.05, 3.63) is 59.7 Å². The molecule has 0 aliphatic heterocycles. The summed E-state index contributed by atoms with van der Waals surface area (Å²) in [6, 6.07) is 8.98. The average Bonchev–Trinajstić information content (AvgIpc) is 2.57. The third-order valence-corrected chi connectivity index (χ3v) is 3.25. The van der Waals surface area contributed by atoms with Gasteiger partial charge < -0.3 is 15.4 Å². The molecule has 0 aliphatic carbocycles. The quantitative estimate of drug-likeness (QED) is 0.714. The Labute approximate surface area is 141 Å². The van der Waals surface area contributed by atoms with Crippen LogP contribution in [-0.2, 0) is 11.2 Å². The van der Waals surface area contributed by atoms with Crippen LogP contribution in [0.5, 0.6) is 5.75 Å². The summed E-state index contributed by atoms with van der Waals surface area (Å²) < 4.78 is 54.7. The Morgan fingerprint density at radius 3 is 2.48 bits per heavy atom. The molecule has 0 unspecified atom stereocenters. The Bertz CT molecular complexity index is 708. The lowest BCUT2D eigenvalue weighted by Gasteiger charge is -2.09. The summed E-state index contributed by atoms with van der Waals surface area (Å²) in [6.45, 7) is -2.77. The van der Waals surface area contributed by atoms with Gasteiger partial charge in [0.2, 0.25) is 5.91 Å². The standard InChI is InChI=1S/C17H16F4N2O2/c18-12-3-6-14(19)15(9-12)23-10-16(24)22-8-7-11-1-4-13(5-2-11)25-17(20)21/h1-6,9,17,23H,7-8,10H2,(H,22,24). The number of anilines is 1. The lowest BCUT2D eigenvalue weighted by atomic mass is 10.1. The summed E-state index contributed by atoms with van der Waals surface area (Å²) in [5.41, 5.74) is 0.732. The first-order valence-electron chi connectivity index (χ1n) is 7.43. The first kappa shape index (κ1) is 18.6. The molecule has 0 aromatic heterocycles. The van der Waals surface area contributed by atoms with E-state index in [1.807, 2.05) is 0 Å². The minimum atomic E-state index is -2.87. The molecular formula is C17H16F4N2O2. The first-order chi connectivity index (χ1) is 11.9. The van der Waals surface area contributed by atoms with Crippen molar-refractivity contribution in [3.8, 4) is 5.75 Å². The van der Waals surface area contributed by atoms with Gasteiger partial charge in [-0.3, -0.25) is 4.79 Å². The number of carbonyl (C=O) groups is 1. The van der Waals surface area contributed by atoms with Crippen LogP contribution >= 0.6 is 0 Å². The van der Waals surface area contributed by atoms with Crippen LogP contribution < -0.4 is 15.4 Å². The molecule has 0 spiro atoms. The SMILES string of the molecule is O=C(CNc1cc(F)ccc1F)NCCc1ccc(OC(F)F)cc1. The van der Waals surface area contributed by atoms with Crippen LogP contribution in [0.25, 0.3) is 0 Å². The van der Waals surface area contributed by atoms with Gasteiger partial charge in [0.25, 0.3) is 0 Å². The maximum Gasteiger partial charge on any atom is 0.387 e. The highest BCUT2D eigenvalue weighted by atomic mass is 19.3. The van der Waals surface area contributed by atoms with Gasteiger partial charge in [0.1, 0.15) is 17.4 Å². The predicted molar refractivity (Wildman–Crippen MR) is 84.6 cm³/mol. The smallest absolute Gasteiger partial charge is 0.387 e. The van der Waals surface area contributed by atoms with E-state index in [9.17, 15) is 22.4 Å². The minimum absolute atomic E-state index is 0.0594. The largest absolute Gasteiger partial charge is 0.435 e. The Morgan fingerprint density at radius 1 is 1.08 bits per heavy atom. The molecule has 0 heterocycles. The second-order valence-corrected chi connectivity index (χ2v) is 5.10. The van der Waals surface area contributed by atoms with Crippen molar-refractivity contribution in [2.45, 2.75) is 13.0 Å². The van der Waals surface area contributed by atoms with Gasteiger partial charge in [-0.25, -0.2) is 8.78 Å². The molecule has 25 heavy (non-hydrogen) atoms. The molecule has 0 fully saturated rings. The third kappa shape index (κ3) is 6.33. The number of hydrogen-bond acceptors (Lipinski definition) is 3. The zero-order valence-electron chi connectivity index (χ0n) is 13.1. The number of rotatable bonds is 8. The van der Waals surface area contributed by atoms with Crippen LogP contribution in [0, 0.1) is 11.6 Å². The van der Waals surface area contributed by atoms with E-state index < -0.39 is 18.2 Å². The Balaban J connectivity index is 1.72. The zero-order chi connectivity index (χ0) is 18.2. The highest BCUT2D eigenvalue weighted by molar-refractivity contribution is 5.80. The lowest BCUT2D eigenvalue weighted by Crippen LogP contribution is -2.31. The van der Waals surface area contributed by atoms with Crippen molar-refractivity contribution in [2.24, 2.45) is 0 Å². The fraction of sp³-hybridized carbons (Fsp3) is 0.235. The molecule has 2 aromatic rings. The predicted octanol–water partition coefficient (Wildman–Crippen LogP) is 3.34. The molecular weight excluding hydrogens is 340 g/mol. The molecule has 0 radical (unpaired) electrons. The number of alkyl halides is 2. The number of ether oxygens (including phenoxy) is 1. The Kier molecular flexibility index (Phi) is 6.62. The molecule has 2 aromatic carbocycles. The van der Waals surface area contributed by atoms with Gasteiger partial charge in [-0.1, -0.05) is 12.1 Å². The second-order valence-electron chi connectivity index (χ2n) is 5.10. The van der Waals surface area contributed by atoms with Crippen LogP contribution in [0.4, 0.5) is 23.2 Å². The topological polar surface area (TPSA) is 50.4 Å². The summed E-state index contributed by atoms with van der Waals surface area (Å²) in [4.78, 5) is 11.7. The van der Waals surface area contributed by atoms with Crippen molar-refractivity contribution < 1.29 is 27.1 Å². The van der Waals surface area contributed by atoms with Gasteiger partial charge in [0, 0.05) is 6.54 Å². The summed E-state index contributed by atoms with van der Waals surface area (Å²) in [5, 5.41) is 5.13. The van der Waals surface area contributed by atoms with Crippen molar-refractivity contribution >= 4 is 11.6 Å². The molecule has 0 saturated carbocycles. The number of nitrogens with one attached hydrogen (secondary N) is 2. The van der Waals surface area contributed by atoms with Crippen LogP contribution in [0.2, 0.25) is 0 Å². The van der Waals surface area contributed by atoms with Crippen LogP contribution in [0.3, 0.4) is 0 Å². The minimum Gasteiger partial charge on any atom is -0.435 e. The van der Waals surface area contributed by atoms with Crippen molar-refractivity contribution in [3.63, 3.8) is 0 Å². The molecule has 1 amide bonds. The monoisotopic (exact) mass is 356 g/mol. The van der Waals surface area contributed by atoms with E-state index in [0.717, 1.165) is 23.8 Å². The Hall–Kier alpha value is -2.77. The van der Waals surface area contributed by atoms with Gasteiger partial charge in [-0.05, 0) is 42.3 Å². The number of carbonyl (C=O) groups excluding carboxylic acids is 1. The molecule has 4 nitrogen and oxygen atoms in total. The van der Waals surface area contributed by atoms with Crippen LogP contribution in [0.1, 0.15) is 5.56 Å². The van der Waals surface area contributed by atoms with E-state index in [4.69, 9.17) is 0 Å². The van der Waals surface area contributed by atoms with Crippen molar-refractivity contribution in [2.75, 3.05) is 18.4 Å². The van der Waals surface area contributed by atoms with E-state index >= 15 is 0 Å². The van der Waals surface area contributed by atoms with E-state index in [1.54, 1.807) is 12.1 Å². The van der Waals surface area contributed by atoms with Gasteiger partial charge >= 0.3 is 6.61 Å². The molecule has 0 bridgehead atoms. The number of hydrogen-bond donors (Lipinski definition) is 2. The van der Waals surface area contributed by atoms with Crippen LogP contribution in [-0.4, -0.2) is 25.6 Å². The molecule has 8 heteroatoms. The summed E-state index contributed by atoms with van der Waals surface area (Å²) in [6.07, 6.45) is 0.481. The fourth-order valence-corrected chi connectivity index (χ4v) is 2.05. The van der Waals surface area contributed by atoms with E-state index in [-0.39, 0.29) is 23.9 Å². The molecule has 2 N–H and O–H groups in total. The number of halogens is 4. The third-order valence-electron chi connectivity index (χ3n) is 3.25. The maximum absolute atomic E-state index is 13.4. The van der Waals surface area contributed by atoms with Crippen molar-refractivity contribution in [1.29, 1.82) is 0 Å². The average molecular weight is 356 g/mol. The molecule has 0 atom stereocenters. The van der Waals surface area contributed by atoms with Crippen LogP contribution in [0.15, 0.2) is 42.5 Å². The number of amides is 1. The zero-order valence-corrected chi connectivity index (χ0v) is 13.1. The molecule has 2 rings (SSSR count). The summed E-state index contributed by atoms with van der Waals surface area (Å²) >= 11 is 0. The normalized spacial score (nSPS) is 10.6. The van der Waals surface area contributed by atoms with Gasteiger partial charge in [0.05, 0.1) is 12.2 Å². The van der Waals surface area contributed by atoms with E-state index in [1.165, 1.54) is 12.1 Å². The van der Waals surface area contributed by atoms with Gasteiger partial charge in [-0.2, -0.15) is 8.78 Å². The Morgan fingerprint density at radius 2 is 1.80 bits per heavy atom. The maximum atomic E-state index is 13.4. The van der Waals surface area contributed by atoms with E-state index in [2.05, 4.69) is 15.4 Å². The molecule has 134 valence electrons. The summed E-state index contributed by atoms with van der Waals surface area (Å²) in [7, 11) is 0. The lowest BCUT2D eigenvalue weighted by molar-refractivity contribution is -0.119. The van der Waals surface area contributed by atoms with Gasteiger partial charge in [0.15, 0.2) is 0 Å². The second kappa shape index (κ2) is 8.91. The first-order valence-corrected chi connectivity index (χ1v) is 7.43. The highest BCUT2D eigenvalue weighted by Crippen LogP contribution is 2.15. The highest BCUT2D eigenvalue weighted by Gasteiger charge is 2.07. The van der Waals surface area contributed by atoms with Gasteiger partial charge in [-0.15, -0.1) is 0 Å².